The molecule has 112 valence electrons. The Labute approximate surface area is 122 Å². The van der Waals surface area contributed by atoms with Crippen LogP contribution in [0.2, 0.25) is 0 Å². The first-order chi connectivity index (χ1) is 9.47. The summed E-state index contributed by atoms with van der Waals surface area (Å²) in [5.41, 5.74) is 3.72. The molecule has 1 aromatic heterocycles. The van der Waals surface area contributed by atoms with Gasteiger partial charge in [-0.1, -0.05) is 34.1 Å². The summed E-state index contributed by atoms with van der Waals surface area (Å²) in [6.45, 7) is 10.6. The number of methoxy groups -OCH3 is 1. The van der Waals surface area contributed by atoms with Crippen LogP contribution in [0.5, 0.6) is 0 Å². The van der Waals surface area contributed by atoms with E-state index in [1.54, 1.807) is 7.11 Å². The SMILES string of the molecule is CCCc1nc(C(OC)C(C)(C)C)nc2c1CNCC2. The molecule has 4 nitrogen and oxygen atoms in total. The number of fused-ring (bicyclic) bond motifs is 1. The van der Waals surface area contributed by atoms with Crippen LogP contribution in [0.3, 0.4) is 0 Å². The summed E-state index contributed by atoms with van der Waals surface area (Å²) in [5.74, 6) is 0.851. The maximum absolute atomic E-state index is 5.68. The molecule has 0 radical (unpaired) electrons. The van der Waals surface area contributed by atoms with Gasteiger partial charge in [0, 0.05) is 37.9 Å². The van der Waals surface area contributed by atoms with Crippen LogP contribution in [0.1, 0.15) is 63.0 Å². The van der Waals surface area contributed by atoms with E-state index in [1.807, 2.05) is 0 Å². The van der Waals surface area contributed by atoms with Gasteiger partial charge < -0.3 is 10.1 Å². The molecule has 1 aliphatic rings. The molecule has 0 bridgehead atoms. The fourth-order valence-corrected chi connectivity index (χ4v) is 2.84. The van der Waals surface area contributed by atoms with Crippen molar-refractivity contribution in [2.24, 2.45) is 5.41 Å². The zero-order chi connectivity index (χ0) is 14.8. The predicted molar refractivity (Wildman–Crippen MR) is 80.6 cm³/mol. The minimum Gasteiger partial charge on any atom is -0.373 e. The zero-order valence-electron chi connectivity index (χ0n) is 13.4. The number of nitrogens with one attached hydrogen (secondary N) is 1. The van der Waals surface area contributed by atoms with Crippen molar-refractivity contribution in [1.82, 2.24) is 15.3 Å². The minimum atomic E-state index is -0.0571. The summed E-state index contributed by atoms with van der Waals surface area (Å²) in [7, 11) is 1.75. The Hall–Kier alpha value is -1.00. The lowest BCUT2D eigenvalue weighted by Gasteiger charge is -2.30. The van der Waals surface area contributed by atoms with E-state index in [0.717, 1.165) is 38.2 Å². The normalized spacial score (nSPS) is 16.9. The van der Waals surface area contributed by atoms with Crippen LogP contribution < -0.4 is 5.32 Å². The van der Waals surface area contributed by atoms with Gasteiger partial charge in [-0.05, 0) is 11.8 Å². The summed E-state index contributed by atoms with van der Waals surface area (Å²) in [4.78, 5) is 9.65. The smallest absolute Gasteiger partial charge is 0.158 e. The average Bonchev–Trinajstić information content (AvgIpc) is 2.38. The molecule has 0 amide bonds. The highest BCUT2D eigenvalue weighted by Gasteiger charge is 2.30. The van der Waals surface area contributed by atoms with Crippen molar-refractivity contribution < 1.29 is 4.74 Å². The van der Waals surface area contributed by atoms with Crippen molar-refractivity contribution in [1.29, 1.82) is 0 Å². The van der Waals surface area contributed by atoms with Crippen molar-refractivity contribution in [3.05, 3.63) is 22.8 Å². The monoisotopic (exact) mass is 277 g/mol. The van der Waals surface area contributed by atoms with Crippen LogP contribution in [0, 0.1) is 5.41 Å². The highest BCUT2D eigenvalue weighted by atomic mass is 16.5. The Morgan fingerprint density at radius 1 is 1.30 bits per heavy atom. The van der Waals surface area contributed by atoms with Gasteiger partial charge >= 0.3 is 0 Å². The summed E-state index contributed by atoms with van der Waals surface area (Å²) < 4.78 is 5.68. The lowest BCUT2D eigenvalue weighted by Crippen LogP contribution is -2.29. The van der Waals surface area contributed by atoms with Gasteiger partial charge in [0.1, 0.15) is 6.10 Å². The Balaban J connectivity index is 2.46. The van der Waals surface area contributed by atoms with Gasteiger partial charge in [0.25, 0.3) is 0 Å². The van der Waals surface area contributed by atoms with Crippen LogP contribution in [0.15, 0.2) is 0 Å². The van der Waals surface area contributed by atoms with Crippen molar-refractivity contribution in [3.63, 3.8) is 0 Å². The minimum absolute atomic E-state index is 0.000607. The highest BCUT2D eigenvalue weighted by molar-refractivity contribution is 5.29. The number of aromatic nitrogens is 2. The second-order valence-electron chi connectivity index (χ2n) is 6.61. The van der Waals surface area contributed by atoms with Crippen molar-refractivity contribution >= 4 is 0 Å². The van der Waals surface area contributed by atoms with Gasteiger partial charge in [0.2, 0.25) is 0 Å². The Kier molecular flexibility index (Phi) is 4.76. The van der Waals surface area contributed by atoms with Crippen LogP contribution in [0.25, 0.3) is 0 Å². The van der Waals surface area contributed by atoms with E-state index in [9.17, 15) is 0 Å². The number of aryl methyl sites for hydroxylation is 1. The van der Waals surface area contributed by atoms with Crippen molar-refractivity contribution in [2.75, 3.05) is 13.7 Å². The van der Waals surface area contributed by atoms with Gasteiger partial charge in [0.15, 0.2) is 5.82 Å². The molecule has 1 aliphatic heterocycles. The molecule has 0 saturated heterocycles. The van der Waals surface area contributed by atoms with Crippen LogP contribution in [0.4, 0.5) is 0 Å². The maximum atomic E-state index is 5.68. The quantitative estimate of drug-likeness (QED) is 0.919. The van der Waals surface area contributed by atoms with E-state index in [-0.39, 0.29) is 11.5 Å². The molecular weight excluding hydrogens is 250 g/mol. The summed E-state index contributed by atoms with van der Waals surface area (Å²) in [6.07, 6.45) is 3.05. The molecule has 20 heavy (non-hydrogen) atoms. The first-order valence-electron chi connectivity index (χ1n) is 7.59. The first-order valence-corrected chi connectivity index (χ1v) is 7.59. The summed E-state index contributed by atoms with van der Waals surface area (Å²) in [6, 6.07) is 0. The molecule has 0 spiro atoms. The summed E-state index contributed by atoms with van der Waals surface area (Å²) >= 11 is 0. The number of ether oxygens (including phenoxy) is 1. The van der Waals surface area contributed by atoms with E-state index in [1.165, 1.54) is 17.0 Å². The lowest BCUT2D eigenvalue weighted by molar-refractivity contribution is 0.00827. The molecule has 2 rings (SSSR count). The second-order valence-corrected chi connectivity index (χ2v) is 6.61. The standard InChI is InChI=1S/C16H27N3O/c1-6-7-12-11-10-17-9-8-13(11)19-15(18-12)14(20-5)16(2,3)4/h14,17H,6-10H2,1-5H3. The average molecular weight is 277 g/mol. The van der Waals surface area contributed by atoms with Gasteiger partial charge in [-0.15, -0.1) is 0 Å². The zero-order valence-corrected chi connectivity index (χ0v) is 13.4. The van der Waals surface area contributed by atoms with E-state index in [4.69, 9.17) is 14.7 Å². The van der Waals surface area contributed by atoms with Crippen LogP contribution in [-0.4, -0.2) is 23.6 Å². The second kappa shape index (κ2) is 6.19. The number of rotatable bonds is 4. The Bertz CT molecular complexity index is 466. The van der Waals surface area contributed by atoms with Crippen molar-refractivity contribution in [3.8, 4) is 0 Å². The molecule has 1 atom stereocenters. The van der Waals surface area contributed by atoms with Gasteiger partial charge in [0.05, 0.1) is 5.69 Å². The third kappa shape index (κ3) is 3.18. The molecule has 0 fully saturated rings. The molecule has 2 heterocycles. The third-order valence-electron chi connectivity index (χ3n) is 3.78. The number of nitrogens with zero attached hydrogens (tertiary/aromatic N) is 2. The fourth-order valence-electron chi connectivity index (χ4n) is 2.84. The number of hydrogen-bond acceptors (Lipinski definition) is 4. The van der Waals surface area contributed by atoms with Gasteiger partial charge in [-0.3, -0.25) is 0 Å². The Morgan fingerprint density at radius 2 is 2.05 bits per heavy atom. The summed E-state index contributed by atoms with van der Waals surface area (Å²) in [5, 5.41) is 3.42. The molecule has 0 aliphatic carbocycles. The highest BCUT2D eigenvalue weighted by Crippen LogP contribution is 2.34. The molecule has 1 unspecified atom stereocenters. The molecule has 0 saturated carbocycles. The predicted octanol–water partition coefficient (Wildman–Crippen LogP) is 2.81. The third-order valence-corrected chi connectivity index (χ3v) is 3.78. The fraction of sp³-hybridized carbons (Fsp3) is 0.750. The van der Waals surface area contributed by atoms with Crippen LogP contribution in [-0.2, 0) is 24.1 Å². The topological polar surface area (TPSA) is 47.0 Å². The van der Waals surface area contributed by atoms with Gasteiger partial charge in [-0.25, -0.2) is 9.97 Å². The molecule has 4 heteroatoms. The van der Waals surface area contributed by atoms with Crippen LogP contribution >= 0.6 is 0 Å². The van der Waals surface area contributed by atoms with E-state index >= 15 is 0 Å². The maximum Gasteiger partial charge on any atom is 0.158 e. The largest absolute Gasteiger partial charge is 0.373 e. The molecule has 1 aromatic rings. The number of hydrogen-bond donors (Lipinski definition) is 1. The molecule has 0 aromatic carbocycles. The molecule has 1 N–H and O–H groups in total. The van der Waals surface area contributed by atoms with Crippen molar-refractivity contribution in [2.45, 2.75) is 59.6 Å². The van der Waals surface area contributed by atoms with E-state index in [2.05, 4.69) is 33.0 Å². The van der Waals surface area contributed by atoms with Gasteiger partial charge in [-0.2, -0.15) is 0 Å². The first kappa shape index (κ1) is 15.4. The Morgan fingerprint density at radius 3 is 2.65 bits per heavy atom. The molecular formula is C16H27N3O. The van der Waals surface area contributed by atoms with E-state index in [0.29, 0.717) is 0 Å². The van der Waals surface area contributed by atoms with E-state index < -0.39 is 0 Å². The lowest BCUT2D eigenvalue weighted by atomic mass is 9.88.